The van der Waals surface area contributed by atoms with Crippen molar-refractivity contribution in [2.75, 3.05) is 11.1 Å². The van der Waals surface area contributed by atoms with Gasteiger partial charge in [0.1, 0.15) is 10.7 Å². The summed E-state index contributed by atoms with van der Waals surface area (Å²) in [6, 6.07) is 1.74. The summed E-state index contributed by atoms with van der Waals surface area (Å²) in [5.41, 5.74) is 5.06. The van der Waals surface area contributed by atoms with Crippen LogP contribution in [-0.2, 0) is 10.0 Å². The van der Waals surface area contributed by atoms with Gasteiger partial charge in [0, 0.05) is 30.1 Å². The molecule has 0 spiro atoms. The number of carbonyl (C=O) groups excluding carboxylic acids is 1. The summed E-state index contributed by atoms with van der Waals surface area (Å²) in [6.07, 6.45) is 2.32. The van der Waals surface area contributed by atoms with Gasteiger partial charge in [-0.25, -0.2) is 31.3 Å². The smallest absolute Gasteiger partial charge is 0.257 e. The van der Waals surface area contributed by atoms with Crippen LogP contribution >= 0.6 is 0 Å². The van der Waals surface area contributed by atoms with Gasteiger partial charge in [-0.1, -0.05) is 0 Å². The van der Waals surface area contributed by atoms with E-state index in [1.54, 1.807) is 0 Å². The van der Waals surface area contributed by atoms with Crippen molar-refractivity contribution in [2.24, 2.45) is 0 Å². The predicted molar refractivity (Wildman–Crippen MR) is 102 cm³/mol. The molecule has 3 rings (SSSR count). The summed E-state index contributed by atoms with van der Waals surface area (Å²) in [7, 11) is -4.12. The molecule has 0 atom stereocenters. The Morgan fingerprint density at radius 2 is 1.70 bits per heavy atom. The molecule has 2 aromatic rings. The van der Waals surface area contributed by atoms with E-state index < -0.39 is 50.4 Å². The van der Waals surface area contributed by atoms with Crippen LogP contribution < -0.4 is 15.8 Å². The maximum Gasteiger partial charge on any atom is 0.257 e. The number of halogens is 3. The maximum atomic E-state index is 13.3. The third-order valence-electron chi connectivity index (χ3n) is 4.69. The summed E-state index contributed by atoms with van der Waals surface area (Å²) in [5, 5.41) is 11.7. The highest BCUT2D eigenvalue weighted by molar-refractivity contribution is 7.89. The number of aliphatic hydroxyl groups excluding tert-OH is 1. The van der Waals surface area contributed by atoms with Gasteiger partial charge in [0.15, 0.2) is 17.5 Å². The lowest BCUT2D eigenvalue weighted by atomic mass is 9.94. The predicted octanol–water partition coefficient (Wildman–Crippen LogP) is 1.92. The Bertz CT molecular complexity index is 1050. The molecule has 1 amide bonds. The van der Waals surface area contributed by atoms with Crippen molar-refractivity contribution in [3.63, 3.8) is 0 Å². The Hall–Kier alpha value is -2.70. The Morgan fingerprint density at radius 3 is 2.30 bits per heavy atom. The van der Waals surface area contributed by atoms with Gasteiger partial charge in [0.25, 0.3) is 5.91 Å². The number of carbonyl (C=O) groups is 1. The summed E-state index contributed by atoms with van der Waals surface area (Å²) >= 11 is 0. The highest BCUT2D eigenvalue weighted by atomic mass is 32.2. The molecular weight excluding hydrogens is 425 g/mol. The van der Waals surface area contributed by atoms with Crippen LogP contribution in [0.25, 0.3) is 0 Å². The number of nitrogens with one attached hydrogen (secondary N) is 2. The van der Waals surface area contributed by atoms with Crippen LogP contribution in [0, 0.1) is 17.5 Å². The van der Waals surface area contributed by atoms with E-state index >= 15 is 0 Å². The van der Waals surface area contributed by atoms with Crippen LogP contribution in [-0.4, -0.2) is 36.6 Å². The molecule has 1 aromatic carbocycles. The molecule has 1 fully saturated rings. The molecule has 1 aliphatic rings. The number of benzene rings is 1. The third kappa shape index (κ3) is 4.89. The number of hydrogen-bond acceptors (Lipinski definition) is 6. The van der Waals surface area contributed by atoms with Gasteiger partial charge >= 0.3 is 0 Å². The Labute approximate surface area is 170 Å². The molecule has 0 aliphatic heterocycles. The largest absolute Gasteiger partial charge is 0.393 e. The normalized spacial score (nSPS) is 19.5. The van der Waals surface area contributed by atoms with Crippen molar-refractivity contribution in [3.8, 4) is 0 Å². The van der Waals surface area contributed by atoms with Gasteiger partial charge in [-0.15, -0.1) is 0 Å². The highest BCUT2D eigenvalue weighted by Gasteiger charge is 2.27. The standard InChI is InChI=1S/C18H19F3N4O4S/c19-13-6-11(7-14(20)16(13)21)24-18(27)9-5-15(17(22)23-8-9)30(28,29)25-10-1-3-12(26)4-2-10/h5-8,10,12,25-26H,1-4H2,(H2,22,23)(H,24,27)/t10-,12-. The molecule has 1 aromatic heterocycles. The molecular formula is C18H19F3N4O4S. The van der Waals surface area contributed by atoms with Crippen molar-refractivity contribution >= 4 is 27.4 Å². The molecule has 12 heteroatoms. The number of rotatable bonds is 5. The zero-order valence-electron chi connectivity index (χ0n) is 15.5. The number of sulfonamides is 1. The first kappa shape index (κ1) is 22.0. The summed E-state index contributed by atoms with van der Waals surface area (Å²) in [4.78, 5) is 15.6. The number of nitrogens with two attached hydrogens (primary N) is 1. The number of aromatic nitrogens is 1. The van der Waals surface area contributed by atoms with Gasteiger partial charge in [-0.2, -0.15) is 0 Å². The fraction of sp³-hybridized carbons (Fsp3) is 0.333. The molecule has 0 bridgehead atoms. The molecule has 30 heavy (non-hydrogen) atoms. The van der Waals surface area contributed by atoms with Crippen molar-refractivity contribution < 1.29 is 31.5 Å². The third-order valence-corrected chi connectivity index (χ3v) is 6.24. The van der Waals surface area contributed by atoms with E-state index in [0.717, 1.165) is 12.3 Å². The molecule has 1 heterocycles. The number of hydrogen-bond donors (Lipinski definition) is 4. The van der Waals surface area contributed by atoms with E-state index in [-0.39, 0.29) is 17.1 Å². The fourth-order valence-electron chi connectivity index (χ4n) is 3.10. The molecule has 8 nitrogen and oxygen atoms in total. The number of nitrogen functional groups attached to an aromatic ring is 1. The average Bonchev–Trinajstić information content (AvgIpc) is 2.67. The van der Waals surface area contributed by atoms with Crippen molar-refractivity contribution in [2.45, 2.75) is 42.7 Å². The number of amides is 1. The minimum Gasteiger partial charge on any atom is -0.393 e. The molecule has 1 saturated carbocycles. The van der Waals surface area contributed by atoms with Crippen molar-refractivity contribution in [1.82, 2.24) is 9.71 Å². The minimum atomic E-state index is -4.12. The zero-order valence-corrected chi connectivity index (χ0v) is 16.3. The van der Waals surface area contributed by atoms with E-state index in [0.29, 0.717) is 37.8 Å². The summed E-state index contributed by atoms with van der Waals surface area (Å²) in [6.45, 7) is 0. The summed E-state index contributed by atoms with van der Waals surface area (Å²) < 4.78 is 67.5. The average molecular weight is 444 g/mol. The van der Waals surface area contributed by atoms with E-state index in [9.17, 15) is 31.5 Å². The first-order valence-corrected chi connectivity index (χ1v) is 10.5. The van der Waals surface area contributed by atoms with Crippen LogP contribution in [0.1, 0.15) is 36.0 Å². The second-order valence-electron chi connectivity index (χ2n) is 6.94. The van der Waals surface area contributed by atoms with E-state index in [4.69, 9.17) is 5.73 Å². The topological polar surface area (TPSA) is 134 Å². The Kier molecular flexibility index (Phi) is 6.29. The van der Waals surface area contributed by atoms with Crippen LogP contribution in [0.2, 0.25) is 0 Å². The van der Waals surface area contributed by atoms with Crippen molar-refractivity contribution in [3.05, 3.63) is 47.4 Å². The number of nitrogens with zero attached hydrogens (tertiary/aromatic N) is 1. The molecule has 0 unspecified atom stereocenters. The Balaban J connectivity index is 1.81. The lowest BCUT2D eigenvalue weighted by molar-refractivity contribution is 0.102. The summed E-state index contributed by atoms with van der Waals surface area (Å²) in [5.74, 6) is -5.94. The maximum absolute atomic E-state index is 13.3. The first-order valence-electron chi connectivity index (χ1n) is 8.98. The second-order valence-corrected chi connectivity index (χ2v) is 8.62. The van der Waals surface area contributed by atoms with Gasteiger partial charge in [-0.05, 0) is 31.7 Å². The van der Waals surface area contributed by atoms with Gasteiger partial charge < -0.3 is 16.2 Å². The Morgan fingerprint density at radius 1 is 1.10 bits per heavy atom. The monoisotopic (exact) mass is 444 g/mol. The number of aliphatic hydroxyl groups is 1. The van der Waals surface area contributed by atoms with Gasteiger partial charge in [-0.3, -0.25) is 4.79 Å². The quantitative estimate of drug-likeness (QED) is 0.521. The van der Waals surface area contributed by atoms with Crippen LogP contribution in [0.4, 0.5) is 24.7 Å². The molecule has 162 valence electrons. The zero-order chi connectivity index (χ0) is 22.1. The number of pyridine rings is 1. The second kappa shape index (κ2) is 8.58. The molecule has 5 N–H and O–H groups in total. The van der Waals surface area contributed by atoms with Crippen LogP contribution in [0.3, 0.4) is 0 Å². The van der Waals surface area contributed by atoms with E-state index in [2.05, 4.69) is 15.0 Å². The van der Waals surface area contributed by atoms with Gasteiger partial charge in [0.05, 0.1) is 11.7 Å². The van der Waals surface area contributed by atoms with Crippen LogP contribution in [0.5, 0.6) is 0 Å². The molecule has 0 saturated heterocycles. The number of anilines is 2. The van der Waals surface area contributed by atoms with Crippen molar-refractivity contribution in [1.29, 1.82) is 0 Å². The lowest BCUT2D eigenvalue weighted by Crippen LogP contribution is -2.39. The lowest BCUT2D eigenvalue weighted by Gasteiger charge is -2.26. The molecule has 1 aliphatic carbocycles. The SMILES string of the molecule is Nc1ncc(C(=O)Nc2cc(F)c(F)c(F)c2)cc1S(=O)(=O)N[C@H]1CC[C@H](O)CC1. The minimum absolute atomic E-state index is 0.242. The van der Waals surface area contributed by atoms with Gasteiger partial charge in [0.2, 0.25) is 10.0 Å². The highest BCUT2D eigenvalue weighted by Crippen LogP contribution is 2.24. The van der Waals surface area contributed by atoms with Crippen LogP contribution in [0.15, 0.2) is 29.3 Å². The first-order chi connectivity index (χ1) is 14.1. The molecule has 0 radical (unpaired) electrons. The fourth-order valence-corrected chi connectivity index (χ4v) is 4.51. The van der Waals surface area contributed by atoms with E-state index in [1.165, 1.54) is 0 Å². The van der Waals surface area contributed by atoms with E-state index in [1.807, 2.05) is 0 Å².